The molecule has 0 radical (unpaired) electrons. The van der Waals surface area contributed by atoms with Gasteiger partial charge in [0.25, 0.3) is 0 Å². The summed E-state index contributed by atoms with van der Waals surface area (Å²) in [6.07, 6.45) is 0. The Morgan fingerprint density at radius 3 is 0.843 bits per heavy atom. The Morgan fingerprint density at radius 1 is 0.217 bits per heavy atom. The Morgan fingerprint density at radius 2 is 0.494 bits per heavy atom. The third-order valence-corrected chi connectivity index (χ3v) is 20.8. The van der Waals surface area contributed by atoms with Gasteiger partial charge < -0.3 is 9.13 Å². The lowest BCUT2D eigenvalue weighted by molar-refractivity contribution is 0.993. The highest BCUT2D eigenvalue weighted by Crippen LogP contribution is 2.73. The third-order valence-electron chi connectivity index (χ3n) is 16.9. The minimum atomic E-state index is -1.94. The molecule has 0 fully saturated rings. The zero-order valence-corrected chi connectivity index (χ0v) is 45.8. The van der Waals surface area contributed by atoms with Crippen molar-refractivity contribution in [1.29, 1.82) is 0 Å². The van der Waals surface area contributed by atoms with Crippen LogP contribution in [0.3, 0.4) is 0 Å². The average molecular weight is 1080 g/mol. The topological polar surface area (TPSA) is 45.5 Å². The van der Waals surface area contributed by atoms with Gasteiger partial charge in [0.1, 0.15) is 11.6 Å². The van der Waals surface area contributed by atoms with Crippen LogP contribution in [0.2, 0.25) is 0 Å². The molecule has 0 unspecified atom stereocenters. The van der Waals surface area contributed by atoms with Crippen LogP contribution in [0.1, 0.15) is 0 Å². The van der Waals surface area contributed by atoms with E-state index in [1.54, 1.807) is 0 Å². The van der Waals surface area contributed by atoms with Gasteiger partial charge in [0.05, 0.1) is 44.1 Å². The minimum Gasteiger partial charge on any atom is -0.309 e. The maximum absolute atomic E-state index is 5.68. The van der Waals surface area contributed by atoms with Gasteiger partial charge in [-0.2, -0.15) is 0 Å². The predicted octanol–water partition coefficient (Wildman–Crippen LogP) is 19.9. The van der Waals surface area contributed by atoms with E-state index in [-0.39, 0.29) is 0 Å². The van der Waals surface area contributed by atoms with Gasteiger partial charge >= 0.3 is 0 Å². The van der Waals surface area contributed by atoms with Crippen LogP contribution in [0.25, 0.3) is 122 Å². The summed E-state index contributed by atoms with van der Waals surface area (Å²) in [6, 6.07) is 111. The highest BCUT2D eigenvalue weighted by molar-refractivity contribution is 8.34. The summed E-state index contributed by atoms with van der Waals surface area (Å²) in [6.45, 7) is 0. The molecule has 17 aromatic rings. The fraction of sp³-hybridized carbons (Fsp3) is 0. The Kier molecular flexibility index (Phi) is 10.6. The van der Waals surface area contributed by atoms with Crippen molar-refractivity contribution in [3.63, 3.8) is 0 Å². The first-order chi connectivity index (χ1) is 41.2. The molecule has 6 nitrogen and oxygen atoms in total. The molecule has 5 heterocycles. The Labute approximate surface area is 480 Å². The number of fused-ring (bicyclic) bond motifs is 12. The summed E-state index contributed by atoms with van der Waals surface area (Å²) in [4.78, 5) is 16.4. The molecule has 0 saturated carbocycles. The monoisotopic (exact) mass is 1080 g/mol. The fourth-order valence-electron chi connectivity index (χ4n) is 13.4. The van der Waals surface area contributed by atoms with Gasteiger partial charge in [-0.15, -0.1) is 10.0 Å². The molecule has 5 aromatic heterocycles. The molecule has 0 spiro atoms. The second-order valence-corrected chi connectivity index (χ2v) is 24.4. The molecule has 0 aliphatic rings. The summed E-state index contributed by atoms with van der Waals surface area (Å²) >= 11 is 0. The molecule has 83 heavy (non-hydrogen) atoms. The van der Waals surface area contributed by atoms with Crippen molar-refractivity contribution in [2.24, 2.45) is 0 Å². The number of rotatable bonds is 9. The summed E-state index contributed by atoms with van der Waals surface area (Å²) in [5.74, 6) is 2.18. The van der Waals surface area contributed by atoms with E-state index >= 15 is 0 Å². The van der Waals surface area contributed by atoms with Gasteiger partial charge in [-0.3, -0.25) is 9.13 Å². The van der Waals surface area contributed by atoms with E-state index < -0.39 is 10.0 Å². The second kappa shape index (κ2) is 18.7. The van der Waals surface area contributed by atoms with E-state index in [0.29, 0.717) is 5.82 Å². The molecule has 0 saturated heterocycles. The van der Waals surface area contributed by atoms with Crippen LogP contribution in [0.5, 0.6) is 0 Å². The smallest absolute Gasteiger partial charge is 0.163 e. The van der Waals surface area contributed by atoms with Crippen molar-refractivity contribution in [3.8, 4) is 34.4 Å². The maximum Gasteiger partial charge on any atom is 0.163 e. The second-order valence-electron chi connectivity index (χ2n) is 21.3. The number of nitrogens with zero attached hydrogens (tertiary/aromatic N) is 6. The highest BCUT2D eigenvalue weighted by Gasteiger charge is 2.33. The number of benzene rings is 12. The normalized spacial score (nSPS) is 12.3. The molecule has 7 heteroatoms. The van der Waals surface area contributed by atoms with E-state index in [4.69, 9.17) is 9.97 Å². The van der Waals surface area contributed by atoms with Crippen molar-refractivity contribution in [2.45, 2.75) is 19.6 Å². The summed E-state index contributed by atoms with van der Waals surface area (Å²) in [5, 5.41) is 9.52. The van der Waals surface area contributed by atoms with Crippen molar-refractivity contribution in [1.82, 2.24) is 28.2 Å². The lowest BCUT2D eigenvalue weighted by Gasteiger charge is -2.42. The standard InChI is InChI=1S/C76H50N6S/c1-4-22-54(23-5-1)83(55-24-6-2-7-25-55,56-26-8-3-9-27-56)57-44-40-51(41-45-57)76-77-74(81-70-38-20-14-32-62(70)64-48-52(42-46-72(64)81)79-66-34-16-10-28-58(66)59-29-11-17-35-67(59)79)50-75(78-76)82-71-39-21-15-33-63(71)65-49-53(43-47-73(65)82)80-68-36-18-12-30-60(68)61-31-13-19-37-69(61)80/h1-50H. The van der Waals surface area contributed by atoms with Crippen molar-refractivity contribution >= 4 is 97.3 Å². The molecule has 0 aliphatic carbocycles. The van der Waals surface area contributed by atoms with Crippen LogP contribution in [0.4, 0.5) is 0 Å². The molecule has 0 atom stereocenters. The molecule has 0 bridgehead atoms. The van der Waals surface area contributed by atoms with E-state index in [9.17, 15) is 0 Å². The van der Waals surface area contributed by atoms with E-state index in [2.05, 4.69) is 322 Å². The van der Waals surface area contributed by atoms with E-state index in [1.807, 2.05) is 0 Å². The van der Waals surface area contributed by atoms with Crippen molar-refractivity contribution in [3.05, 3.63) is 303 Å². The minimum absolute atomic E-state index is 0.629. The van der Waals surface area contributed by atoms with Crippen LogP contribution < -0.4 is 0 Å². The predicted molar refractivity (Wildman–Crippen MR) is 345 cm³/mol. The Balaban J connectivity index is 0.905. The first kappa shape index (κ1) is 47.1. The van der Waals surface area contributed by atoms with Crippen molar-refractivity contribution in [2.75, 3.05) is 0 Å². The Bertz CT molecular complexity index is 4930. The SMILES string of the molecule is c1ccc(S(c2ccccc2)(c2ccccc2)c2ccc(-c3nc(-n4c5ccccc5c5cc(-n6c7ccccc7c7ccccc76)ccc54)cc(-n4c5ccccc5c5cc(-n6c7ccccc7c7ccccc76)ccc54)n3)cc2)cc1. The first-order valence-corrected chi connectivity index (χ1v) is 29.8. The largest absolute Gasteiger partial charge is 0.309 e. The first-order valence-electron chi connectivity index (χ1n) is 28.2. The molecule has 12 aromatic carbocycles. The molecule has 0 aliphatic heterocycles. The lowest BCUT2D eigenvalue weighted by atomic mass is 10.1. The molecule has 0 N–H and O–H groups in total. The van der Waals surface area contributed by atoms with Crippen LogP contribution in [-0.4, -0.2) is 28.2 Å². The molecular weight excluding hydrogens is 1030 g/mol. The summed E-state index contributed by atoms with van der Waals surface area (Å²) in [5.41, 5.74) is 12.1. The van der Waals surface area contributed by atoms with E-state index in [1.165, 1.54) is 63.2 Å². The zero-order valence-electron chi connectivity index (χ0n) is 45.0. The quantitative estimate of drug-likeness (QED) is 0.145. The van der Waals surface area contributed by atoms with Crippen LogP contribution in [0.15, 0.2) is 323 Å². The molecule has 390 valence electrons. The average Bonchev–Trinajstić information content (AvgIpc) is 3.06. The van der Waals surface area contributed by atoms with Crippen LogP contribution in [-0.2, 0) is 0 Å². The van der Waals surface area contributed by atoms with E-state index in [0.717, 1.165) is 72.2 Å². The maximum atomic E-state index is 5.68. The van der Waals surface area contributed by atoms with Gasteiger partial charge in [-0.25, -0.2) is 9.97 Å². The number of hydrogen-bond donors (Lipinski definition) is 0. The van der Waals surface area contributed by atoms with Gasteiger partial charge in [-0.1, -0.05) is 176 Å². The lowest BCUT2D eigenvalue weighted by Crippen LogP contribution is -2.07. The van der Waals surface area contributed by atoms with Gasteiger partial charge in [0.2, 0.25) is 0 Å². The summed E-state index contributed by atoms with van der Waals surface area (Å²) < 4.78 is 9.49. The van der Waals surface area contributed by atoms with Gasteiger partial charge in [0.15, 0.2) is 5.82 Å². The number of hydrogen-bond acceptors (Lipinski definition) is 2. The van der Waals surface area contributed by atoms with Crippen LogP contribution >= 0.6 is 10.0 Å². The van der Waals surface area contributed by atoms with Crippen molar-refractivity contribution < 1.29 is 0 Å². The van der Waals surface area contributed by atoms with Gasteiger partial charge in [-0.05, 0) is 121 Å². The summed E-state index contributed by atoms with van der Waals surface area (Å²) in [7, 11) is -1.94. The van der Waals surface area contributed by atoms with Crippen LogP contribution in [0, 0.1) is 0 Å². The molecular formula is C76H50N6S. The molecule has 17 rings (SSSR count). The fourth-order valence-corrected chi connectivity index (χ4v) is 17.2. The Hall–Kier alpha value is -10.7. The number of para-hydroxylation sites is 6. The van der Waals surface area contributed by atoms with Gasteiger partial charge in [0, 0.05) is 85.7 Å². The zero-order chi connectivity index (χ0) is 54.6. The highest BCUT2D eigenvalue weighted by atomic mass is 32.3. The third kappa shape index (κ3) is 7.11. The molecule has 0 amide bonds. The number of aromatic nitrogens is 6.